The molecule has 1 aliphatic heterocycles. The lowest BCUT2D eigenvalue weighted by Gasteiger charge is -2.30. The quantitative estimate of drug-likeness (QED) is 0.660. The molecule has 2 N–H and O–H groups in total. The van der Waals surface area contributed by atoms with Crippen LogP contribution in [-0.4, -0.2) is 18.1 Å². The van der Waals surface area contributed by atoms with Crippen LogP contribution in [0.4, 0.5) is 4.79 Å². The van der Waals surface area contributed by atoms with E-state index in [9.17, 15) is 9.59 Å². The third kappa shape index (κ3) is 5.26. The molecule has 0 unspecified atom stereocenters. The van der Waals surface area contributed by atoms with Gasteiger partial charge in [0.05, 0.1) is 11.6 Å². The highest BCUT2D eigenvalue weighted by molar-refractivity contribution is 5.95. The van der Waals surface area contributed by atoms with Crippen LogP contribution in [0.3, 0.4) is 0 Å². The third-order valence-electron chi connectivity index (χ3n) is 5.78. The number of amides is 2. The molecule has 2 amide bonds. The average Bonchev–Trinajstić information content (AvgIpc) is 2.79. The van der Waals surface area contributed by atoms with E-state index in [1.165, 1.54) is 6.42 Å². The molecule has 0 aromatic heterocycles. The topological polar surface area (TPSA) is 76.7 Å². The minimum atomic E-state index is -0.562. The second kappa shape index (κ2) is 9.69. The predicted octanol–water partition coefficient (Wildman–Crippen LogP) is 4.77. The summed E-state index contributed by atoms with van der Waals surface area (Å²) in [7, 11) is 0. The highest BCUT2D eigenvalue weighted by atomic mass is 16.5. The lowest BCUT2D eigenvalue weighted by Crippen LogP contribution is -2.45. The molecule has 4 rings (SSSR count). The molecule has 0 spiro atoms. The Bertz CT molecular complexity index is 947. The number of hydrogen-bond acceptors (Lipinski definition) is 4. The minimum absolute atomic E-state index is 0.0476. The number of allylic oxidation sites excluding steroid dienone is 1. The molecule has 1 fully saturated rings. The second-order valence-electron chi connectivity index (χ2n) is 8.08. The average molecular weight is 421 g/mol. The normalized spacial score (nSPS) is 19.4. The number of rotatable bonds is 6. The van der Waals surface area contributed by atoms with Crippen molar-refractivity contribution < 1.29 is 19.1 Å². The van der Waals surface area contributed by atoms with Crippen LogP contribution in [0.25, 0.3) is 0 Å². The van der Waals surface area contributed by atoms with Crippen LogP contribution in [0, 0.1) is 0 Å². The number of esters is 1. The fraction of sp³-hybridized carbons (Fsp3) is 0.360. The van der Waals surface area contributed by atoms with E-state index in [-0.39, 0.29) is 18.1 Å². The first-order valence-electron chi connectivity index (χ1n) is 10.9. The standard InChI is InChI=1S/C25H28N2O4/c1-17-22(24(28)31-21-10-6-3-7-11-21)23(27-25(29)26-17)19-12-14-20(15-13-19)30-16-18-8-4-2-5-9-18/h2,4-5,8-9,12-15,21,23H,3,6-7,10-11,16H2,1H3,(H2,26,27,29)/t23-/m1/s1. The zero-order valence-electron chi connectivity index (χ0n) is 17.7. The Labute approximate surface area is 182 Å². The maximum atomic E-state index is 13.0. The van der Waals surface area contributed by atoms with Crippen molar-refractivity contribution in [3.05, 3.63) is 77.0 Å². The summed E-state index contributed by atoms with van der Waals surface area (Å²) in [6, 6.07) is 16.5. The van der Waals surface area contributed by atoms with Gasteiger partial charge in [-0.05, 0) is 55.9 Å². The van der Waals surface area contributed by atoms with Crippen molar-refractivity contribution in [1.82, 2.24) is 10.6 Å². The van der Waals surface area contributed by atoms with Crippen molar-refractivity contribution >= 4 is 12.0 Å². The Morgan fingerprint density at radius 2 is 1.71 bits per heavy atom. The first-order valence-corrected chi connectivity index (χ1v) is 10.9. The summed E-state index contributed by atoms with van der Waals surface area (Å²) in [4.78, 5) is 25.1. The van der Waals surface area contributed by atoms with Gasteiger partial charge in [-0.25, -0.2) is 9.59 Å². The molecular formula is C25H28N2O4. The van der Waals surface area contributed by atoms with Gasteiger partial charge >= 0.3 is 12.0 Å². The zero-order chi connectivity index (χ0) is 21.6. The van der Waals surface area contributed by atoms with Gasteiger partial charge < -0.3 is 20.1 Å². The maximum absolute atomic E-state index is 13.0. The number of ether oxygens (including phenoxy) is 2. The lowest BCUT2D eigenvalue weighted by molar-refractivity contribution is -0.146. The summed E-state index contributed by atoms with van der Waals surface area (Å²) in [6.45, 7) is 2.21. The summed E-state index contributed by atoms with van der Waals surface area (Å²) in [5, 5.41) is 5.56. The van der Waals surface area contributed by atoms with Crippen molar-refractivity contribution in [2.24, 2.45) is 0 Å². The van der Waals surface area contributed by atoms with Crippen molar-refractivity contribution in [3.8, 4) is 5.75 Å². The van der Waals surface area contributed by atoms with Crippen molar-refractivity contribution in [1.29, 1.82) is 0 Å². The van der Waals surface area contributed by atoms with E-state index in [2.05, 4.69) is 10.6 Å². The van der Waals surface area contributed by atoms with Gasteiger partial charge in [0.25, 0.3) is 0 Å². The predicted molar refractivity (Wildman–Crippen MR) is 117 cm³/mol. The Balaban J connectivity index is 1.48. The number of urea groups is 1. The van der Waals surface area contributed by atoms with E-state index in [1.807, 2.05) is 54.6 Å². The maximum Gasteiger partial charge on any atom is 0.338 e. The molecule has 31 heavy (non-hydrogen) atoms. The highest BCUT2D eigenvalue weighted by Crippen LogP contribution is 2.30. The zero-order valence-corrected chi connectivity index (χ0v) is 17.7. The van der Waals surface area contributed by atoms with Crippen LogP contribution in [0.5, 0.6) is 5.75 Å². The smallest absolute Gasteiger partial charge is 0.338 e. The van der Waals surface area contributed by atoms with Crippen LogP contribution in [0.1, 0.15) is 56.2 Å². The number of carbonyl (C=O) groups is 2. The summed E-state index contributed by atoms with van der Waals surface area (Å²) in [5.74, 6) is 0.353. The van der Waals surface area contributed by atoms with Gasteiger partial charge in [-0.15, -0.1) is 0 Å². The SMILES string of the molecule is CC1=C(C(=O)OC2CCCCC2)[C@@H](c2ccc(OCc3ccccc3)cc2)NC(=O)N1. The Morgan fingerprint density at radius 1 is 1.00 bits per heavy atom. The van der Waals surface area contributed by atoms with E-state index in [0.717, 1.165) is 42.6 Å². The third-order valence-corrected chi connectivity index (χ3v) is 5.78. The Kier molecular flexibility index (Phi) is 6.55. The molecule has 1 saturated carbocycles. The molecule has 2 aromatic rings. The first kappa shape index (κ1) is 21.0. The van der Waals surface area contributed by atoms with Gasteiger partial charge in [0.15, 0.2) is 0 Å². The Hall–Kier alpha value is -3.28. The highest BCUT2D eigenvalue weighted by Gasteiger charge is 2.33. The molecule has 1 heterocycles. The minimum Gasteiger partial charge on any atom is -0.489 e. The molecule has 6 heteroatoms. The largest absolute Gasteiger partial charge is 0.489 e. The molecule has 162 valence electrons. The molecule has 0 radical (unpaired) electrons. The van der Waals surface area contributed by atoms with Crippen LogP contribution in [0.2, 0.25) is 0 Å². The van der Waals surface area contributed by atoms with Crippen molar-refractivity contribution in [3.63, 3.8) is 0 Å². The molecule has 1 atom stereocenters. The Morgan fingerprint density at radius 3 is 2.42 bits per heavy atom. The van der Waals surface area contributed by atoms with Gasteiger partial charge in [-0.1, -0.05) is 48.9 Å². The van der Waals surface area contributed by atoms with Gasteiger partial charge in [-0.2, -0.15) is 0 Å². The lowest BCUT2D eigenvalue weighted by atomic mass is 9.94. The number of hydrogen-bond donors (Lipinski definition) is 2. The van der Waals surface area contributed by atoms with Crippen molar-refractivity contribution in [2.45, 2.75) is 57.8 Å². The van der Waals surface area contributed by atoms with Gasteiger partial charge in [-0.3, -0.25) is 0 Å². The summed E-state index contributed by atoms with van der Waals surface area (Å²) in [6.07, 6.45) is 5.10. The first-order chi connectivity index (χ1) is 15.1. The molecule has 1 aliphatic carbocycles. The monoisotopic (exact) mass is 420 g/mol. The van der Waals surface area contributed by atoms with E-state index in [1.54, 1.807) is 6.92 Å². The number of carbonyl (C=O) groups excluding carboxylic acids is 2. The van der Waals surface area contributed by atoms with Crippen LogP contribution in [0.15, 0.2) is 65.9 Å². The van der Waals surface area contributed by atoms with Crippen molar-refractivity contribution in [2.75, 3.05) is 0 Å². The fourth-order valence-electron chi connectivity index (χ4n) is 4.11. The van der Waals surface area contributed by atoms with E-state index in [0.29, 0.717) is 17.9 Å². The van der Waals surface area contributed by atoms with Crippen LogP contribution >= 0.6 is 0 Å². The molecule has 0 saturated heterocycles. The molecule has 6 nitrogen and oxygen atoms in total. The fourth-order valence-corrected chi connectivity index (χ4v) is 4.11. The summed E-state index contributed by atoms with van der Waals surface area (Å²) in [5.41, 5.74) is 2.86. The molecular weight excluding hydrogens is 392 g/mol. The molecule has 0 bridgehead atoms. The van der Waals surface area contributed by atoms with Gasteiger partial charge in [0.1, 0.15) is 18.5 Å². The second-order valence-corrected chi connectivity index (χ2v) is 8.08. The van der Waals surface area contributed by atoms with E-state index >= 15 is 0 Å². The molecule has 2 aliphatic rings. The summed E-state index contributed by atoms with van der Waals surface area (Å²) >= 11 is 0. The van der Waals surface area contributed by atoms with Crippen LogP contribution < -0.4 is 15.4 Å². The van der Waals surface area contributed by atoms with E-state index in [4.69, 9.17) is 9.47 Å². The van der Waals surface area contributed by atoms with Gasteiger partial charge in [0, 0.05) is 5.70 Å². The number of benzene rings is 2. The number of nitrogens with one attached hydrogen (secondary N) is 2. The molecule has 2 aromatic carbocycles. The van der Waals surface area contributed by atoms with E-state index < -0.39 is 6.04 Å². The van der Waals surface area contributed by atoms with Gasteiger partial charge in [0.2, 0.25) is 0 Å². The summed E-state index contributed by atoms with van der Waals surface area (Å²) < 4.78 is 11.6. The van der Waals surface area contributed by atoms with Crippen LogP contribution in [-0.2, 0) is 16.1 Å².